The van der Waals surface area contributed by atoms with Crippen LogP contribution in [0.4, 0.5) is 11.6 Å². The Morgan fingerprint density at radius 3 is 2.38 bits per heavy atom. The van der Waals surface area contributed by atoms with E-state index in [0.29, 0.717) is 18.1 Å². The molecule has 0 atom stereocenters. The molecule has 0 spiro atoms. The SMILES string of the molecule is COc1nc(N2CCN(c3c(C)cccc3C)CC2)ncc1C(=O)NCc1ccccn1. The molecular weight excluding hydrogens is 404 g/mol. The highest BCUT2D eigenvalue weighted by Crippen LogP contribution is 2.27. The van der Waals surface area contributed by atoms with Crippen LogP contribution < -0.4 is 19.9 Å². The molecule has 1 amide bonds. The topological polar surface area (TPSA) is 83.5 Å². The maximum atomic E-state index is 12.6. The number of nitrogens with zero attached hydrogens (tertiary/aromatic N) is 5. The van der Waals surface area contributed by atoms with Gasteiger partial charge in [-0.05, 0) is 37.1 Å². The monoisotopic (exact) mass is 432 g/mol. The van der Waals surface area contributed by atoms with Crippen LogP contribution in [-0.2, 0) is 6.54 Å². The lowest BCUT2D eigenvalue weighted by Gasteiger charge is -2.37. The number of aryl methyl sites for hydroxylation is 2. The first-order valence-electron chi connectivity index (χ1n) is 10.7. The number of methoxy groups -OCH3 is 1. The summed E-state index contributed by atoms with van der Waals surface area (Å²) in [5.74, 6) is 0.550. The van der Waals surface area contributed by atoms with Gasteiger partial charge in [-0.2, -0.15) is 4.98 Å². The van der Waals surface area contributed by atoms with Gasteiger partial charge in [0.2, 0.25) is 11.8 Å². The molecule has 1 aliphatic heterocycles. The summed E-state index contributed by atoms with van der Waals surface area (Å²) in [6.07, 6.45) is 3.23. The molecule has 166 valence electrons. The Bertz CT molecular complexity index is 1060. The average molecular weight is 433 g/mol. The molecule has 0 bridgehead atoms. The van der Waals surface area contributed by atoms with Crippen molar-refractivity contribution in [3.05, 3.63) is 71.2 Å². The predicted octanol–water partition coefficient (Wildman–Crippen LogP) is 2.75. The lowest BCUT2D eigenvalue weighted by atomic mass is 10.1. The van der Waals surface area contributed by atoms with E-state index >= 15 is 0 Å². The van der Waals surface area contributed by atoms with Crippen LogP contribution in [0.15, 0.2) is 48.8 Å². The first-order chi connectivity index (χ1) is 15.6. The van der Waals surface area contributed by atoms with Gasteiger partial charge >= 0.3 is 0 Å². The molecule has 1 N–H and O–H groups in total. The van der Waals surface area contributed by atoms with Crippen LogP contribution in [-0.4, -0.2) is 54.1 Å². The van der Waals surface area contributed by atoms with Gasteiger partial charge in [-0.25, -0.2) is 4.98 Å². The maximum absolute atomic E-state index is 12.6. The molecule has 0 saturated carbocycles. The van der Waals surface area contributed by atoms with Gasteiger partial charge in [-0.1, -0.05) is 24.3 Å². The highest BCUT2D eigenvalue weighted by molar-refractivity contribution is 5.96. The first-order valence-corrected chi connectivity index (χ1v) is 10.7. The number of amides is 1. The molecule has 1 fully saturated rings. The van der Waals surface area contributed by atoms with Crippen molar-refractivity contribution in [2.45, 2.75) is 20.4 Å². The summed E-state index contributed by atoms with van der Waals surface area (Å²) in [6, 6.07) is 12.0. The summed E-state index contributed by atoms with van der Waals surface area (Å²) in [5.41, 5.74) is 4.97. The number of hydrogen-bond acceptors (Lipinski definition) is 7. The molecule has 0 unspecified atom stereocenters. The third kappa shape index (κ3) is 4.64. The zero-order valence-corrected chi connectivity index (χ0v) is 18.7. The third-order valence-corrected chi connectivity index (χ3v) is 5.65. The normalized spacial score (nSPS) is 13.7. The third-order valence-electron chi connectivity index (χ3n) is 5.65. The summed E-state index contributed by atoms with van der Waals surface area (Å²) in [4.78, 5) is 30.4. The van der Waals surface area contributed by atoms with E-state index in [-0.39, 0.29) is 11.8 Å². The number of benzene rings is 1. The average Bonchev–Trinajstić information content (AvgIpc) is 2.83. The van der Waals surface area contributed by atoms with Crippen LogP contribution in [0, 0.1) is 13.8 Å². The summed E-state index contributed by atoms with van der Waals surface area (Å²) < 4.78 is 5.41. The van der Waals surface area contributed by atoms with Crippen LogP contribution in [0.5, 0.6) is 5.88 Å². The zero-order chi connectivity index (χ0) is 22.5. The Labute approximate surface area is 188 Å². The molecule has 3 heterocycles. The van der Waals surface area contributed by atoms with E-state index < -0.39 is 0 Å². The van der Waals surface area contributed by atoms with Crippen LogP contribution in [0.2, 0.25) is 0 Å². The fourth-order valence-electron chi connectivity index (χ4n) is 4.02. The van der Waals surface area contributed by atoms with Crippen molar-refractivity contribution in [1.82, 2.24) is 20.3 Å². The molecule has 2 aromatic heterocycles. The van der Waals surface area contributed by atoms with E-state index in [1.807, 2.05) is 18.2 Å². The second-order valence-corrected chi connectivity index (χ2v) is 7.81. The zero-order valence-electron chi connectivity index (χ0n) is 18.7. The van der Waals surface area contributed by atoms with Crippen molar-refractivity contribution >= 4 is 17.5 Å². The molecule has 1 aliphatic rings. The minimum absolute atomic E-state index is 0.269. The van der Waals surface area contributed by atoms with Gasteiger partial charge in [0.1, 0.15) is 5.56 Å². The smallest absolute Gasteiger partial charge is 0.258 e. The van der Waals surface area contributed by atoms with Gasteiger partial charge in [0, 0.05) is 44.3 Å². The lowest BCUT2D eigenvalue weighted by molar-refractivity contribution is 0.0946. The highest BCUT2D eigenvalue weighted by atomic mass is 16.5. The number of carbonyl (C=O) groups is 1. The summed E-state index contributed by atoms with van der Waals surface area (Å²) in [7, 11) is 1.51. The van der Waals surface area contributed by atoms with Crippen LogP contribution in [0.25, 0.3) is 0 Å². The number of para-hydroxylation sites is 1. The Morgan fingerprint density at radius 2 is 1.72 bits per heavy atom. The first kappa shape index (κ1) is 21.5. The molecule has 32 heavy (non-hydrogen) atoms. The van der Waals surface area contributed by atoms with Gasteiger partial charge in [-0.15, -0.1) is 0 Å². The van der Waals surface area contributed by atoms with Crippen LogP contribution >= 0.6 is 0 Å². The van der Waals surface area contributed by atoms with E-state index in [4.69, 9.17) is 4.74 Å². The van der Waals surface area contributed by atoms with E-state index in [0.717, 1.165) is 31.9 Å². The number of nitrogens with one attached hydrogen (secondary N) is 1. The standard InChI is InChI=1S/C24H28N6O2/c1-17-7-6-8-18(2)21(17)29-11-13-30(14-12-29)24-27-16-20(23(28-24)32-3)22(31)26-15-19-9-4-5-10-25-19/h4-10,16H,11-15H2,1-3H3,(H,26,31). The van der Waals surface area contributed by atoms with E-state index in [9.17, 15) is 4.79 Å². The van der Waals surface area contributed by atoms with Crippen molar-refractivity contribution < 1.29 is 9.53 Å². The summed E-state index contributed by atoms with van der Waals surface area (Å²) in [6.45, 7) is 7.98. The number of anilines is 2. The van der Waals surface area contributed by atoms with Crippen molar-refractivity contribution in [2.24, 2.45) is 0 Å². The Kier molecular flexibility index (Phi) is 6.49. The molecule has 3 aromatic rings. The number of piperazine rings is 1. The molecule has 8 heteroatoms. The fraction of sp³-hybridized carbons (Fsp3) is 0.333. The molecule has 1 saturated heterocycles. The van der Waals surface area contributed by atoms with E-state index in [1.54, 1.807) is 6.20 Å². The van der Waals surface area contributed by atoms with Gasteiger partial charge in [0.05, 0.1) is 19.3 Å². The van der Waals surface area contributed by atoms with Gasteiger partial charge in [-0.3, -0.25) is 9.78 Å². The van der Waals surface area contributed by atoms with Crippen molar-refractivity contribution in [2.75, 3.05) is 43.1 Å². The molecule has 0 aliphatic carbocycles. The second kappa shape index (κ2) is 9.64. The van der Waals surface area contributed by atoms with Gasteiger partial charge < -0.3 is 19.9 Å². The Hall–Kier alpha value is -3.68. The van der Waals surface area contributed by atoms with Gasteiger partial charge in [0.25, 0.3) is 5.91 Å². The van der Waals surface area contributed by atoms with Crippen molar-refractivity contribution in [1.29, 1.82) is 0 Å². The van der Waals surface area contributed by atoms with E-state index in [1.165, 1.54) is 30.1 Å². The molecule has 0 radical (unpaired) electrons. The number of hydrogen-bond donors (Lipinski definition) is 1. The summed E-state index contributed by atoms with van der Waals surface area (Å²) >= 11 is 0. The summed E-state index contributed by atoms with van der Waals surface area (Å²) in [5, 5.41) is 2.84. The van der Waals surface area contributed by atoms with Crippen LogP contribution in [0.3, 0.4) is 0 Å². The Morgan fingerprint density at radius 1 is 1.00 bits per heavy atom. The van der Waals surface area contributed by atoms with Crippen LogP contribution in [0.1, 0.15) is 27.2 Å². The fourth-order valence-corrected chi connectivity index (χ4v) is 4.02. The molecule has 4 rings (SSSR count). The largest absolute Gasteiger partial charge is 0.480 e. The maximum Gasteiger partial charge on any atom is 0.258 e. The number of pyridine rings is 1. The molecular formula is C24H28N6O2. The number of rotatable bonds is 6. The highest BCUT2D eigenvalue weighted by Gasteiger charge is 2.23. The second-order valence-electron chi connectivity index (χ2n) is 7.81. The van der Waals surface area contributed by atoms with Crippen molar-refractivity contribution in [3.63, 3.8) is 0 Å². The minimum atomic E-state index is -0.293. The molecule has 1 aromatic carbocycles. The quantitative estimate of drug-likeness (QED) is 0.641. The van der Waals surface area contributed by atoms with E-state index in [2.05, 4.69) is 62.1 Å². The predicted molar refractivity (Wildman–Crippen MR) is 124 cm³/mol. The number of carbonyl (C=O) groups excluding carboxylic acids is 1. The minimum Gasteiger partial charge on any atom is -0.480 e. The lowest BCUT2D eigenvalue weighted by Crippen LogP contribution is -2.47. The van der Waals surface area contributed by atoms with Crippen molar-refractivity contribution in [3.8, 4) is 5.88 Å². The molecule has 8 nitrogen and oxygen atoms in total. The number of aromatic nitrogens is 3. The van der Waals surface area contributed by atoms with Gasteiger partial charge in [0.15, 0.2) is 0 Å². The Balaban J connectivity index is 1.42. The number of ether oxygens (including phenoxy) is 1.